The lowest BCUT2D eigenvalue weighted by molar-refractivity contribution is 0.145. The molecule has 0 bridgehead atoms. The highest BCUT2D eigenvalue weighted by Gasteiger charge is 2.16. The van der Waals surface area contributed by atoms with E-state index in [1.165, 1.54) is 10.4 Å². The van der Waals surface area contributed by atoms with Crippen LogP contribution in [0.25, 0.3) is 0 Å². The van der Waals surface area contributed by atoms with Crippen molar-refractivity contribution in [1.29, 1.82) is 0 Å². The molecule has 19 heavy (non-hydrogen) atoms. The van der Waals surface area contributed by atoms with Crippen molar-refractivity contribution >= 4 is 11.3 Å². The van der Waals surface area contributed by atoms with Gasteiger partial charge in [0, 0.05) is 17.6 Å². The molecular weight excluding hydrogens is 258 g/mol. The molecule has 0 saturated heterocycles. The molecular formula is C15H19NO2S. The van der Waals surface area contributed by atoms with Crippen molar-refractivity contribution in [2.24, 2.45) is 5.73 Å². The normalized spacial score (nSPS) is 12.4. The SMILES string of the molecule is COCCOc1ccccc1C(N)c1sccc1C. The van der Waals surface area contributed by atoms with Gasteiger partial charge in [-0.15, -0.1) is 11.3 Å². The predicted octanol–water partition coefficient (Wildman–Crippen LogP) is 3.13. The van der Waals surface area contributed by atoms with Gasteiger partial charge in [0.15, 0.2) is 0 Å². The molecule has 102 valence electrons. The zero-order valence-corrected chi connectivity index (χ0v) is 12.1. The number of ether oxygens (including phenoxy) is 2. The molecule has 0 fully saturated rings. The monoisotopic (exact) mass is 277 g/mol. The largest absolute Gasteiger partial charge is 0.491 e. The summed E-state index contributed by atoms with van der Waals surface area (Å²) >= 11 is 1.68. The maximum Gasteiger partial charge on any atom is 0.124 e. The van der Waals surface area contributed by atoms with Crippen LogP contribution in [0.1, 0.15) is 22.0 Å². The lowest BCUT2D eigenvalue weighted by Gasteiger charge is -2.16. The first-order chi connectivity index (χ1) is 9.24. The molecule has 0 spiro atoms. The van der Waals surface area contributed by atoms with Crippen LogP contribution in [0.5, 0.6) is 5.75 Å². The van der Waals surface area contributed by atoms with Crippen LogP contribution >= 0.6 is 11.3 Å². The molecule has 0 radical (unpaired) electrons. The lowest BCUT2D eigenvalue weighted by Crippen LogP contribution is -2.14. The molecule has 1 atom stereocenters. The number of methoxy groups -OCH3 is 1. The van der Waals surface area contributed by atoms with Crippen molar-refractivity contribution in [1.82, 2.24) is 0 Å². The Hall–Kier alpha value is -1.36. The molecule has 2 N–H and O–H groups in total. The van der Waals surface area contributed by atoms with E-state index in [1.54, 1.807) is 18.4 Å². The van der Waals surface area contributed by atoms with Crippen LogP contribution in [0.3, 0.4) is 0 Å². The van der Waals surface area contributed by atoms with Gasteiger partial charge in [-0.1, -0.05) is 18.2 Å². The van der Waals surface area contributed by atoms with Crippen molar-refractivity contribution in [3.63, 3.8) is 0 Å². The summed E-state index contributed by atoms with van der Waals surface area (Å²) in [5.74, 6) is 0.833. The Kier molecular flexibility index (Phi) is 4.96. The highest BCUT2D eigenvalue weighted by molar-refractivity contribution is 7.10. The second-order valence-electron chi connectivity index (χ2n) is 4.32. The number of hydrogen-bond acceptors (Lipinski definition) is 4. The van der Waals surface area contributed by atoms with E-state index in [1.807, 2.05) is 24.3 Å². The molecule has 1 aromatic heterocycles. The number of aryl methyl sites for hydroxylation is 1. The van der Waals surface area contributed by atoms with Crippen molar-refractivity contribution in [2.75, 3.05) is 20.3 Å². The van der Waals surface area contributed by atoms with Gasteiger partial charge >= 0.3 is 0 Å². The summed E-state index contributed by atoms with van der Waals surface area (Å²) in [4.78, 5) is 1.18. The van der Waals surface area contributed by atoms with E-state index in [9.17, 15) is 0 Å². The average molecular weight is 277 g/mol. The number of hydrogen-bond donors (Lipinski definition) is 1. The van der Waals surface area contributed by atoms with Crippen LogP contribution in [-0.4, -0.2) is 20.3 Å². The fraction of sp³-hybridized carbons (Fsp3) is 0.333. The van der Waals surface area contributed by atoms with Crippen molar-refractivity contribution in [3.8, 4) is 5.75 Å². The molecule has 1 aromatic carbocycles. The van der Waals surface area contributed by atoms with Gasteiger partial charge in [0.25, 0.3) is 0 Å². The van der Waals surface area contributed by atoms with E-state index in [4.69, 9.17) is 15.2 Å². The zero-order chi connectivity index (χ0) is 13.7. The van der Waals surface area contributed by atoms with Gasteiger partial charge in [0.05, 0.1) is 12.6 Å². The Morgan fingerprint density at radius 2 is 2.00 bits per heavy atom. The minimum absolute atomic E-state index is 0.140. The van der Waals surface area contributed by atoms with Crippen molar-refractivity contribution in [2.45, 2.75) is 13.0 Å². The van der Waals surface area contributed by atoms with E-state index in [2.05, 4.69) is 18.4 Å². The first kappa shape index (κ1) is 14.1. The summed E-state index contributed by atoms with van der Waals surface area (Å²) in [6.07, 6.45) is 0. The van der Waals surface area contributed by atoms with Gasteiger partial charge in [0.1, 0.15) is 12.4 Å². The Balaban J connectivity index is 2.21. The quantitative estimate of drug-likeness (QED) is 0.825. The number of thiophene rings is 1. The molecule has 0 aliphatic heterocycles. The minimum atomic E-state index is -0.140. The average Bonchev–Trinajstić information content (AvgIpc) is 2.85. The van der Waals surface area contributed by atoms with Gasteiger partial charge in [-0.25, -0.2) is 0 Å². The Morgan fingerprint density at radius 3 is 2.68 bits per heavy atom. The molecule has 0 aliphatic carbocycles. The Morgan fingerprint density at radius 1 is 1.21 bits per heavy atom. The predicted molar refractivity (Wildman–Crippen MR) is 78.9 cm³/mol. The summed E-state index contributed by atoms with van der Waals surface area (Å²) in [5, 5.41) is 2.07. The highest BCUT2D eigenvalue weighted by atomic mass is 32.1. The second kappa shape index (κ2) is 6.70. The van der Waals surface area contributed by atoms with Crippen molar-refractivity contribution in [3.05, 3.63) is 51.7 Å². The van der Waals surface area contributed by atoms with Gasteiger partial charge < -0.3 is 15.2 Å². The fourth-order valence-electron chi connectivity index (χ4n) is 1.95. The maximum absolute atomic E-state index is 6.37. The van der Waals surface area contributed by atoms with Crippen LogP contribution in [0, 0.1) is 6.92 Å². The third-order valence-corrected chi connectivity index (χ3v) is 4.09. The number of nitrogens with two attached hydrogens (primary N) is 1. The van der Waals surface area contributed by atoms with E-state index < -0.39 is 0 Å². The van der Waals surface area contributed by atoms with Gasteiger partial charge in [-0.3, -0.25) is 0 Å². The molecule has 2 aromatic rings. The molecule has 3 nitrogen and oxygen atoms in total. The Labute approximate surface area is 118 Å². The summed E-state index contributed by atoms with van der Waals surface area (Å²) < 4.78 is 10.7. The third-order valence-electron chi connectivity index (χ3n) is 2.98. The number of benzene rings is 1. The van der Waals surface area contributed by atoms with Gasteiger partial charge in [-0.05, 0) is 30.0 Å². The van der Waals surface area contributed by atoms with E-state index >= 15 is 0 Å². The third kappa shape index (κ3) is 3.35. The highest BCUT2D eigenvalue weighted by Crippen LogP contribution is 2.32. The molecule has 0 amide bonds. The van der Waals surface area contributed by atoms with Crippen molar-refractivity contribution < 1.29 is 9.47 Å². The Bertz CT molecular complexity index is 524. The van der Waals surface area contributed by atoms with Crippen LogP contribution in [0.4, 0.5) is 0 Å². The molecule has 1 unspecified atom stereocenters. The summed E-state index contributed by atoms with van der Waals surface area (Å²) in [6, 6.07) is 9.87. The van der Waals surface area contributed by atoms with Crippen LogP contribution in [0.15, 0.2) is 35.7 Å². The fourth-order valence-corrected chi connectivity index (χ4v) is 2.89. The molecule has 1 heterocycles. The zero-order valence-electron chi connectivity index (χ0n) is 11.3. The first-order valence-electron chi connectivity index (χ1n) is 6.24. The number of para-hydroxylation sites is 1. The molecule has 4 heteroatoms. The van der Waals surface area contributed by atoms with Crippen LogP contribution < -0.4 is 10.5 Å². The van der Waals surface area contributed by atoms with Crippen LogP contribution in [-0.2, 0) is 4.74 Å². The molecule has 0 saturated carbocycles. The number of rotatable bonds is 6. The first-order valence-corrected chi connectivity index (χ1v) is 7.12. The summed E-state index contributed by atoms with van der Waals surface area (Å²) in [6.45, 7) is 3.19. The molecule has 0 aliphatic rings. The summed E-state index contributed by atoms with van der Waals surface area (Å²) in [5.41, 5.74) is 8.61. The molecule has 2 rings (SSSR count). The van der Waals surface area contributed by atoms with E-state index in [-0.39, 0.29) is 6.04 Å². The summed E-state index contributed by atoms with van der Waals surface area (Å²) in [7, 11) is 1.66. The minimum Gasteiger partial charge on any atom is -0.491 e. The van der Waals surface area contributed by atoms with Gasteiger partial charge in [0.2, 0.25) is 0 Å². The second-order valence-corrected chi connectivity index (χ2v) is 5.27. The topological polar surface area (TPSA) is 44.5 Å². The smallest absolute Gasteiger partial charge is 0.124 e. The van der Waals surface area contributed by atoms with Crippen LogP contribution in [0.2, 0.25) is 0 Å². The van der Waals surface area contributed by atoms with E-state index in [0.717, 1.165) is 11.3 Å². The maximum atomic E-state index is 6.37. The standard InChI is InChI=1S/C15H19NO2S/c1-11-7-10-19-15(11)14(16)12-5-3-4-6-13(12)18-9-8-17-2/h3-7,10,14H,8-9,16H2,1-2H3. The lowest BCUT2D eigenvalue weighted by atomic mass is 10.0. The van der Waals surface area contributed by atoms with E-state index in [0.29, 0.717) is 13.2 Å². The van der Waals surface area contributed by atoms with Gasteiger partial charge in [-0.2, -0.15) is 0 Å².